The van der Waals surface area contributed by atoms with Gasteiger partial charge >= 0.3 is 0 Å². The van der Waals surface area contributed by atoms with Crippen molar-refractivity contribution >= 4 is 5.69 Å². The highest BCUT2D eigenvalue weighted by molar-refractivity contribution is 5.43. The van der Waals surface area contributed by atoms with Crippen LogP contribution in [0.2, 0.25) is 0 Å². The summed E-state index contributed by atoms with van der Waals surface area (Å²) in [6, 6.07) is 11.0. The van der Waals surface area contributed by atoms with E-state index in [4.69, 9.17) is 14.2 Å². The molecule has 2 atom stereocenters. The maximum Gasteiger partial charge on any atom is 0.285 e. The minimum Gasteiger partial charge on any atom is -0.382 e. The molecule has 4 heteroatoms. The molecule has 31 heavy (non-hydrogen) atoms. The molecule has 0 saturated heterocycles. The Hall–Kier alpha value is -1.10. The van der Waals surface area contributed by atoms with Crippen LogP contribution in [0, 0.1) is 5.92 Å². The maximum atomic E-state index is 5.78. The van der Waals surface area contributed by atoms with Gasteiger partial charge in [0.05, 0.1) is 0 Å². The molecule has 1 aromatic carbocycles. The third-order valence-electron chi connectivity index (χ3n) is 6.42. The normalized spacial score (nSPS) is 13.8. The van der Waals surface area contributed by atoms with Crippen LogP contribution >= 0.6 is 0 Å². The number of para-hydroxylation sites is 1. The molecule has 0 bridgehead atoms. The van der Waals surface area contributed by atoms with E-state index in [2.05, 4.69) is 49.5 Å². The van der Waals surface area contributed by atoms with Crippen molar-refractivity contribution < 1.29 is 14.2 Å². The van der Waals surface area contributed by atoms with Gasteiger partial charge in [0.1, 0.15) is 0 Å². The molecule has 4 nitrogen and oxygen atoms in total. The number of benzene rings is 1. The van der Waals surface area contributed by atoms with Crippen molar-refractivity contribution in [2.24, 2.45) is 5.92 Å². The van der Waals surface area contributed by atoms with Crippen LogP contribution in [-0.2, 0) is 14.2 Å². The van der Waals surface area contributed by atoms with Crippen molar-refractivity contribution in [3.8, 4) is 0 Å². The fourth-order valence-corrected chi connectivity index (χ4v) is 4.52. The summed E-state index contributed by atoms with van der Waals surface area (Å²) in [5.74, 6) is -0.741. The zero-order chi connectivity index (χ0) is 22.8. The predicted octanol–water partition coefficient (Wildman–Crippen LogP) is 7.79. The summed E-state index contributed by atoms with van der Waals surface area (Å²) in [5.41, 5.74) is 1.20. The smallest absolute Gasteiger partial charge is 0.285 e. The Morgan fingerprint density at radius 3 is 1.84 bits per heavy atom. The third-order valence-corrected chi connectivity index (χ3v) is 6.42. The molecule has 0 radical (unpaired) electrons. The molecular weight excluding hydrogens is 386 g/mol. The molecule has 0 aromatic heterocycles. The number of hydrogen-bond acceptors (Lipinski definition) is 4. The second-order valence-electron chi connectivity index (χ2n) is 8.75. The van der Waals surface area contributed by atoms with Gasteiger partial charge < -0.3 is 19.5 Å². The van der Waals surface area contributed by atoms with Gasteiger partial charge in [-0.25, -0.2) is 0 Å². The topological polar surface area (TPSA) is 39.7 Å². The van der Waals surface area contributed by atoms with Crippen LogP contribution in [0.15, 0.2) is 30.3 Å². The van der Waals surface area contributed by atoms with Gasteiger partial charge in [-0.2, -0.15) is 0 Å². The van der Waals surface area contributed by atoms with E-state index >= 15 is 0 Å². The van der Waals surface area contributed by atoms with Crippen molar-refractivity contribution in [1.82, 2.24) is 0 Å². The van der Waals surface area contributed by atoms with E-state index in [0.29, 0.717) is 6.04 Å². The summed E-state index contributed by atoms with van der Waals surface area (Å²) in [5, 5.41) is 3.77. The second-order valence-corrected chi connectivity index (χ2v) is 8.75. The first-order valence-corrected chi connectivity index (χ1v) is 12.6. The first-order valence-electron chi connectivity index (χ1n) is 12.6. The molecule has 0 aliphatic carbocycles. The molecule has 1 aromatic rings. The Bertz CT molecular complexity index is 510. The lowest BCUT2D eigenvalue weighted by Crippen LogP contribution is -2.44. The average molecular weight is 436 g/mol. The number of nitrogens with one attached hydrogen (secondary N) is 1. The zero-order valence-corrected chi connectivity index (χ0v) is 21.0. The molecule has 0 aliphatic heterocycles. The first kappa shape index (κ1) is 27.9. The quantitative estimate of drug-likeness (QED) is 0.168. The van der Waals surface area contributed by atoms with E-state index in [1.165, 1.54) is 69.9 Å². The maximum absolute atomic E-state index is 5.78. The number of ether oxygens (including phenoxy) is 3. The highest BCUT2D eigenvalue weighted by atomic mass is 16.9. The van der Waals surface area contributed by atoms with Gasteiger partial charge in [-0.1, -0.05) is 89.8 Å². The van der Waals surface area contributed by atoms with Gasteiger partial charge in [-0.15, -0.1) is 0 Å². The van der Waals surface area contributed by atoms with E-state index < -0.39 is 5.97 Å². The van der Waals surface area contributed by atoms with Crippen LogP contribution in [0.4, 0.5) is 5.69 Å². The van der Waals surface area contributed by atoms with Crippen molar-refractivity contribution in [2.45, 2.75) is 109 Å². The molecule has 2 unspecified atom stereocenters. The standard InChI is InChI=1S/C27H49NO3/c1-6-8-10-11-12-15-18-24(27(29-3,30-4)31-5)22-23-26(19-14-9-7-2)28-25-20-16-13-17-21-25/h13,16-17,20-21,24,26,28H,6-12,14-15,18-19,22-23H2,1-5H3. The largest absolute Gasteiger partial charge is 0.382 e. The van der Waals surface area contributed by atoms with Gasteiger partial charge in [-0.05, 0) is 37.8 Å². The highest BCUT2D eigenvalue weighted by Gasteiger charge is 2.39. The summed E-state index contributed by atoms with van der Waals surface area (Å²) in [4.78, 5) is 0. The van der Waals surface area contributed by atoms with Crippen LogP contribution in [-0.4, -0.2) is 33.3 Å². The summed E-state index contributed by atoms with van der Waals surface area (Å²) >= 11 is 0. The van der Waals surface area contributed by atoms with E-state index in [1.807, 2.05) is 0 Å². The minimum absolute atomic E-state index is 0.213. The van der Waals surface area contributed by atoms with Crippen LogP contribution < -0.4 is 5.32 Å². The molecule has 0 aliphatic rings. The fraction of sp³-hybridized carbons (Fsp3) is 0.778. The molecule has 1 rings (SSSR count). The molecular formula is C27H49NO3. The Labute approximate surface area is 192 Å². The monoisotopic (exact) mass is 435 g/mol. The Morgan fingerprint density at radius 1 is 0.677 bits per heavy atom. The number of rotatable bonds is 20. The lowest BCUT2D eigenvalue weighted by molar-refractivity contribution is -0.380. The van der Waals surface area contributed by atoms with Crippen molar-refractivity contribution in [1.29, 1.82) is 0 Å². The number of unbranched alkanes of at least 4 members (excludes halogenated alkanes) is 7. The predicted molar refractivity (Wildman–Crippen MR) is 132 cm³/mol. The summed E-state index contributed by atoms with van der Waals surface area (Å²) in [6.07, 6.45) is 15.9. The van der Waals surface area contributed by atoms with E-state index in [9.17, 15) is 0 Å². The fourth-order valence-electron chi connectivity index (χ4n) is 4.52. The SMILES string of the molecule is CCCCCCCCC(CCC(CCCCC)Nc1ccccc1)C(OC)(OC)OC. The number of hydrogen-bond donors (Lipinski definition) is 1. The lowest BCUT2D eigenvalue weighted by atomic mass is 9.90. The summed E-state index contributed by atoms with van der Waals surface area (Å²) in [7, 11) is 5.09. The van der Waals surface area contributed by atoms with Crippen molar-refractivity contribution in [2.75, 3.05) is 26.6 Å². The lowest BCUT2D eigenvalue weighted by Gasteiger charge is -2.37. The summed E-state index contributed by atoms with van der Waals surface area (Å²) < 4.78 is 17.3. The van der Waals surface area contributed by atoms with Gasteiger partial charge in [0.25, 0.3) is 5.97 Å². The Kier molecular flexibility index (Phi) is 15.7. The molecule has 0 heterocycles. The van der Waals surface area contributed by atoms with Crippen molar-refractivity contribution in [3.63, 3.8) is 0 Å². The van der Waals surface area contributed by atoms with E-state index in [-0.39, 0.29) is 5.92 Å². The van der Waals surface area contributed by atoms with E-state index in [0.717, 1.165) is 19.3 Å². The van der Waals surface area contributed by atoms with Crippen LogP contribution in [0.3, 0.4) is 0 Å². The van der Waals surface area contributed by atoms with Gasteiger partial charge in [-0.3, -0.25) is 0 Å². The van der Waals surface area contributed by atoms with E-state index in [1.54, 1.807) is 21.3 Å². The molecule has 1 N–H and O–H groups in total. The molecule has 0 saturated carbocycles. The third kappa shape index (κ3) is 10.9. The highest BCUT2D eigenvalue weighted by Crippen LogP contribution is 2.33. The molecule has 0 spiro atoms. The van der Waals surface area contributed by atoms with Gasteiger partial charge in [0.2, 0.25) is 0 Å². The first-order chi connectivity index (χ1) is 15.2. The number of anilines is 1. The molecule has 0 fully saturated rings. The Morgan fingerprint density at radius 2 is 1.23 bits per heavy atom. The summed E-state index contributed by atoms with van der Waals surface area (Å²) in [6.45, 7) is 4.53. The molecule has 180 valence electrons. The van der Waals surface area contributed by atoms with Gasteiger partial charge in [0.15, 0.2) is 0 Å². The van der Waals surface area contributed by atoms with Crippen LogP contribution in [0.5, 0.6) is 0 Å². The van der Waals surface area contributed by atoms with Crippen LogP contribution in [0.25, 0.3) is 0 Å². The second kappa shape index (κ2) is 17.5. The Balaban J connectivity index is 2.74. The van der Waals surface area contributed by atoms with Crippen LogP contribution in [0.1, 0.15) is 97.3 Å². The zero-order valence-electron chi connectivity index (χ0n) is 21.0. The van der Waals surface area contributed by atoms with Crippen molar-refractivity contribution in [3.05, 3.63) is 30.3 Å². The minimum atomic E-state index is -0.954. The van der Waals surface area contributed by atoms with Gasteiger partial charge in [0, 0.05) is 39.0 Å². The molecule has 0 amide bonds. The average Bonchev–Trinajstić information content (AvgIpc) is 2.81. The number of methoxy groups -OCH3 is 3.